The number of rotatable bonds is 8. The lowest BCUT2D eigenvalue weighted by molar-refractivity contribution is -0.122. The summed E-state index contributed by atoms with van der Waals surface area (Å²) in [6.07, 6.45) is 2.54. The van der Waals surface area contributed by atoms with E-state index in [1.54, 1.807) is 0 Å². The van der Waals surface area contributed by atoms with Crippen LogP contribution >= 0.6 is 0 Å². The van der Waals surface area contributed by atoms with Crippen molar-refractivity contribution in [1.29, 1.82) is 0 Å². The lowest BCUT2D eigenvalue weighted by Crippen LogP contribution is -2.47. The Morgan fingerprint density at radius 1 is 1.33 bits per heavy atom. The molecule has 1 aliphatic rings. The minimum Gasteiger partial charge on any atom is -0.374 e. The number of ether oxygens (including phenoxy) is 1. The van der Waals surface area contributed by atoms with Gasteiger partial charge in [-0.1, -0.05) is 24.3 Å². The Balaban J connectivity index is 1.81. The average molecular weight is 333 g/mol. The molecule has 134 valence electrons. The van der Waals surface area contributed by atoms with Crippen LogP contribution < -0.4 is 10.6 Å². The first-order valence-electron chi connectivity index (χ1n) is 8.93. The van der Waals surface area contributed by atoms with Crippen molar-refractivity contribution in [2.45, 2.75) is 52.0 Å². The Kier molecular flexibility index (Phi) is 7.69. The zero-order valence-corrected chi connectivity index (χ0v) is 15.2. The molecule has 1 fully saturated rings. The Hall–Kier alpha value is -1.43. The number of carbonyl (C=O) groups excluding carboxylic acids is 1. The van der Waals surface area contributed by atoms with E-state index in [-0.39, 0.29) is 12.0 Å². The first-order valence-corrected chi connectivity index (χ1v) is 8.93. The van der Waals surface area contributed by atoms with Crippen LogP contribution in [0.1, 0.15) is 37.8 Å². The molecule has 1 aliphatic heterocycles. The topological polar surface area (TPSA) is 53.6 Å². The summed E-state index contributed by atoms with van der Waals surface area (Å²) in [5.41, 5.74) is 2.26. The molecule has 1 saturated heterocycles. The molecular formula is C19H31N3O2. The molecule has 1 unspecified atom stereocenters. The summed E-state index contributed by atoms with van der Waals surface area (Å²) in [4.78, 5) is 14.5. The number of nitrogens with one attached hydrogen (secondary N) is 2. The fourth-order valence-corrected chi connectivity index (χ4v) is 3.01. The third-order valence-corrected chi connectivity index (χ3v) is 4.45. The van der Waals surface area contributed by atoms with Gasteiger partial charge in [-0.3, -0.25) is 9.69 Å². The molecule has 2 rings (SSSR count). The van der Waals surface area contributed by atoms with Gasteiger partial charge in [0.15, 0.2) is 0 Å². The van der Waals surface area contributed by atoms with Crippen LogP contribution in [0.4, 0.5) is 0 Å². The number of benzene rings is 1. The molecule has 1 heterocycles. The van der Waals surface area contributed by atoms with Gasteiger partial charge in [0.25, 0.3) is 0 Å². The molecule has 1 aromatic carbocycles. The van der Waals surface area contributed by atoms with E-state index in [2.05, 4.69) is 27.7 Å². The van der Waals surface area contributed by atoms with Gasteiger partial charge in [0.05, 0.1) is 19.3 Å². The Morgan fingerprint density at radius 2 is 2.08 bits per heavy atom. The lowest BCUT2D eigenvalue weighted by Gasteiger charge is -2.31. The van der Waals surface area contributed by atoms with Gasteiger partial charge in [-0.05, 0) is 51.4 Å². The Morgan fingerprint density at radius 3 is 2.79 bits per heavy atom. The van der Waals surface area contributed by atoms with E-state index in [4.69, 9.17) is 4.74 Å². The van der Waals surface area contributed by atoms with Crippen LogP contribution in [0.25, 0.3) is 0 Å². The van der Waals surface area contributed by atoms with Crippen molar-refractivity contribution in [3.8, 4) is 0 Å². The number of carbonyl (C=O) groups is 1. The molecule has 0 aromatic heterocycles. The highest BCUT2D eigenvalue weighted by molar-refractivity contribution is 5.78. The molecule has 0 saturated carbocycles. The minimum atomic E-state index is 0.0892. The van der Waals surface area contributed by atoms with Gasteiger partial charge in [0.1, 0.15) is 0 Å². The van der Waals surface area contributed by atoms with Crippen LogP contribution in [0.15, 0.2) is 24.3 Å². The first kappa shape index (κ1) is 18.9. The number of hydrogen-bond donors (Lipinski definition) is 2. The first-order chi connectivity index (χ1) is 11.6. The summed E-state index contributed by atoms with van der Waals surface area (Å²) < 4.78 is 5.69. The van der Waals surface area contributed by atoms with Gasteiger partial charge in [-0.15, -0.1) is 0 Å². The van der Waals surface area contributed by atoms with Crippen molar-refractivity contribution in [3.05, 3.63) is 35.4 Å². The van der Waals surface area contributed by atoms with Crippen LogP contribution in [-0.2, 0) is 22.7 Å². The van der Waals surface area contributed by atoms with Crippen molar-refractivity contribution in [2.75, 3.05) is 26.7 Å². The molecule has 1 amide bonds. The SMILES string of the molecule is CNC1CCCN(CC(=O)NCc2ccccc2COC(C)C)C1. The summed E-state index contributed by atoms with van der Waals surface area (Å²) in [5.74, 6) is 0.0892. The van der Waals surface area contributed by atoms with Crippen molar-refractivity contribution in [2.24, 2.45) is 0 Å². The summed E-state index contributed by atoms with van der Waals surface area (Å²) in [7, 11) is 1.99. The van der Waals surface area contributed by atoms with Gasteiger partial charge in [-0.25, -0.2) is 0 Å². The number of hydrogen-bond acceptors (Lipinski definition) is 4. The van der Waals surface area contributed by atoms with Crippen molar-refractivity contribution in [3.63, 3.8) is 0 Å². The largest absolute Gasteiger partial charge is 0.374 e. The average Bonchev–Trinajstić information content (AvgIpc) is 2.59. The molecule has 0 aliphatic carbocycles. The van der Waals surface area contributed by atoms with Crippen LogP contribution in [0.3, 0.4) is 0 Å². The van der Waals surface area contributed by atoms with Gasteiger partial charge >= 0.3 is 0 Å². The quantitative estimate of drug-likeness (QED) is 0.763. The standard InChI is InChI=1S/C19H31N3O2/c1-15(2)24-14-17-8-5-4-7-16(17)11-21-19(23)13-22-10-6-9-18(12-22)20-3/h4-5,7-8,15,18,20H,6,9-14H2,1-3H3,(H,21,23). The van der Waals surface area contributed by atoms with Crippen molar-refractivity contribution < 1.29 is 9.53 Å². The van der Waals surface area contributed by atoms with E-state index in [0.717, 1.165) is 30.6 Å². The number of amides is 1. The number of nitrogens with zero attached hydrogens (tertiary/aromatic N) is 1. The fraction of sp³-hybridized carbons (Fsp3) is 0.632. The van der Waals surface area contributed by atoms with E-state index in [9.17, 15) is 4.79 Å². The number of piperidine rings is 1. The highest BCUT2D eigenvalue weighted by Gasteiger charge is 2.20. The maximum atomic E-state index is 12.3. The summed E-state index contributed by atoms with van der Waals surface area (Å²) in [6, 6.07) is 8.63. The molecule has 1 aromatic rings. The summed E-state index contributed by atoms with van der Waals surface area (Å²) in [6.45, 7) is 7.62. The number of likely N-dealkylation sites (N-methyl/N-ethyl adjacent to an activating group) is 1. The molecule has 1 atom stereocenters. The minimum absolute atomic E-state index is 0.0892. The highest BCUT2D eigenvalue weighted by atomic mass is 16.5. The third kappa shape index (κ3) is 6.23. The molecule has 0 bridgehead atoms. The van der Waals surface area contributed by atoms with Crippen LogP contribution in [0.2, 0.25) is 0 Å². The van der Waals surface area contributed by atoms with Gasteiger partial charge in [0, 0.05) is 19.1 Å². The smallest absolute Gasteiger partial charge is 0.234 e. The predicted molar refractivity (Wildman–Crippen MR) is 96.7 cm³/mol. The lowest BCUT2D eigenvalue weighted by atomic mass is 10.1. The van der Waals surface area contributed by atoms with E-state index >= 15 is 0 Å². The molecule has 5 nitrogen and oxygen atoms in total. The van der Waals surface area contributed by atoms with Crippen LogP contribution in [0, 0.1) is 0 Å². The van der Waals surface area contributed by atoms with E-state index in [0.29, 0.717) is 25.7 Å². The van der Waals surface area contributed by atoms with E-state index < -0.39 is 0 Å². The maximum absolute atomic E-state index is 12.3. The molecule has 24 heavy (non-hydrogen) atoms. The predicted octanol–water partition coefficient (Wildman–Crippen LogP) is 1.91. The van der Waals surface area contributed by atoms with Crippen molar-refractivity contribution >= 4 is 5.91 Å². The van der Waals surface area contributed by atoms with Crippen LogP contribution in [0.5, 0.6) is 0 Å². The third-order valence-electron chi connectivity index (χ3n) is 4.45. The monoisotopic (exact) mass is 333 g/mol. The number of likely N-dealkylation sites (tertiary alicyclic amines) is 1. The van der Waals surface area contributed by atoms with E-state index in [1.165, 1.54) is 6.42 Å². The maximum Gasteiger partial charge on any atom is 0.234 e. The second-order valence-electron chi connectivity index (χ2n) is 6.77. The van der Waals surface area contributed by atoms with E-state index in [1.807, 2.05) is 33.0 Å². The molecule has 2 N–H and O–H groups in total. The second kappa shape index (κ2) is 9.77. The Labute approximate surface area is 145 Å². The summed E-state index contributed by atoms with van der Waals surface area (Å²) in [5, 5.41) is 6.36. The van der Waals surface area contributed by atoms with Gasteiger partial charge < -0.3 is 15.4 Å². The van der Waals surface area contributed by atoms with Gasteiger partial charge in [0.2, 0.25) is 5.91 Å². The molecular weight excluding hydrogens is 302 g/mol. The zero-order valence-electron chi connectivity index (χ0n) is 15.2. The van der Waals surface area contributed by atoms with Crippen molar-refractivity contribution in [1.82, 2.24) is 15.5 Å². The second-order valence-corrected chi connectivity index (χ2v) is 6.77. The highest BCUT2D eigenvalue weighted by Crippen LogP contribution is 2.12. The molecule has 5 heteroatoms. The normalized spacial score (nSPS) is 18.8. The molecule has 0 radical (unpaired) electrons. The van der Waals surface area contributed by atoms with Crippen LogP contribution in [-0.4, -0.2) is 49.6 Å². The fourth-order valence-electron chi connectivity index (χ4n) is 3.01. The molecule has 0 spiro atoms. The van der Waals surface area contributed by atoms with Gasteiger partial charge in [-0.2, -0.15) is 0 Å². The zero-order chi connectivity index (χ0) is 17.4. The Bertz CT molecular complexity index is 519. The summed E-state index contributed by atoms with van der Waals surface area (Å²) >= 11 is 0.